The maximum Gasteiger partial charge on any atom is 0.410 e. The van der Waals surface area contributed by atoms with Crippen molar-refractivity contribution in [3.8, 4) is 11.1 Å². The lowest BCUT2D eigenvalue weighted by molar-refractivity contribution is 0.0751. The zero-order chi connectivity index (χ0) is 24.1. The van der Waals surface area contributed by atoms with Gasteiger partial charge >= 0.3 is 6.09 Å². The number of aromatic nitrogens is 1. The number of amides is 1. The van der Waals surface area contributed by atoms with E-state index in [9.17, 15) is 9.18 Å². The molecule has 2 aromatic carbocycles. The molecule has 4 rings (SSSR count). The number of anilines is 2. The first-order valence-electron chi connectivity index (χ1n) is 12.1. The van der Waals surface area contributed by atoms with E-state index in [0.717, 1.165) is 59.7 Å². The third kappa shape index (κ3) is 5.24. The van der Waals surface area contributed by atoms with Crippen LogP contribution in [-0.4, -0.2) is 41.7 Å². The number of nitrogens with one attached hydrogen (secondary N) is 1. The van der Waals surface area contributed by atoms with Gasteiger partial charge in [-0.1, -0.05) is 25.5 Å². The third-order valence-corrected chi connectivity index (χ3v) is 6.48. The molecule has 34 heavy (non-hydrogen) atoms. The van der Waals surface area contributed by atoms with Crippen LogP contribution < -0.4 is 11.1 Å². The van der Waals surface area contributed by atoms with E-state index in [1.807, 2.05) is 36.1 Å². The summed E-state index contributed by atoms with van der Waals surface area (Å²) in [6.07, 6.45) is 6.28. The first-order valence-corrected chi connectivity index (χ1v) is 12.1. The lowest BCUT2D eigenvalue weighted by atomic mass is 9.96. The second kappa shape index (κ2) is 10.7. The zero-order valence-electron chi connectivity index (χ0n) is 19.9. The van der Waals surface area contributed by atoms with Crippen LogP contribution in [0.4, 0.5) is 20.7 Å². The highest BCUT2D eigenvalue weighted by Gasteiger charge is 2.28. The van der Waals surface area contributed by atoms with E-state index < -0.39 is 0 Å². The van der Waals surface area contributed by atoms with Gasteiger partial charge in [-0.15, -0.1) is 0 Å². The minimum Gasteiger partial charge on any atom is -0.449 e. The Morgan fingerprint density at radius 1 is 1.29 bits per heavy atom. The summed E-state index contributed by atoms with van der Waals surface area (Å²) in [7, 11) is 0. The summed E-state index contributed by atoms with van der Waals surface area (Å²) >= 11 is 0. The number of nitrogen functional groups attached to an aromatic ring is 1. The van der Waals surface area contributed by atoms with Crippen LogP contribution in [0.5, 0.6) is 0 Å². The number of ether oxygens (including phenoxy) is 1. The number of carbonyl (C=O) groups is 1. The first kappa shape index (κ1) is 23.8. The fourth-order valence-corrected chi connectivity index (χ4v) is 4.63. The number of nitrogens with zero attached hydrogens (tertiary/aromatic N) is 2. The van der Waals surface area contributed by atoms with Crippen molar-refractivity contribution >= 4 is 28.4 Å². The second-order valence-corrected chi connectivity index (χ2v) is 8.98. The number of piperidine rings is 1. The Bertz CT molecular complexity index is 1150. The number of benzene rings is 2. The molecule has 0 spiro atoms. The highest BCUT2D eigenvalue weighted by molar-refractivity contribution is 5.98. The molecule has 1 saturated heterocycles. The van der Waals surface area contributed by atoms with E-state index in [0.29, 0.717) is 31.1 Å². The number of likely N-dealkylation sites (tertiary alicyclic amines) is 1. The van der Waals surface area contributed by atoms with Crippen LogP contribution in [0.2, 0.25) is 0 Å². The number of nitrogens with two attached hydrogens (primary N) is 1. The van der Waals surface area contributed by atoms with Crippen molar-refractivity contribution in [1.29, 1.82) is 0 Å². The van der Waals surface area contributed by atoms with Crippen molar-refractivity contribution in [3.05, 3.63) is 54.0 Å². The summed E-state index contributed by atoms with van der Waals surface area (Å²) < 4.78 is 20.2. The van der Waals surface area contributed by atoms with Gasteiger partial charge in [-0.05, 0) is 68.0 Å². The molecule has 180 valence electrons. The lowest BCUT2D eigenvalue weighted by Crippen LogP contribution is -2.47. The minimum absolute atomic E-state index is 0.0240. The summed E-state index contributed by atoms with van der Waals surface area (Å²) in [5.41, 5.74) is 9.03. The standard InChI is InChI=1S/C27H33FN4O2/c1-3-4-12-34-27(33)32-11-6-5-9-21(32)17-30-24-14-19(26-18(2)8-7-10-23(26)28)13-20-16-31-25(29)15-22(20)24/h7-8,10,13-16,21,30H,3-6,9,11-12,17H2,1-2H3,(H2,29,31)/t21-/m1/s1. The van der Waals surface area contributed by atoms with Gasteiger partial charge in [0.25, 0.3) is 0 Å². The largest absolute Gasteiger partial charge is 0.449 e. The van der Waals surface area contributed by atoms with Crippen LogP contribution in [0.15, 0.2) is 42.6 Å². The van der Waals surface area contributed by atoms with E-state index in [1.54, 1.807) is 12.3 Å². The number of pyridine rings is 1. The van der Waals surface area contributed by atoms with E-state index >= 15 is 0 Å². The molecule has 1 amide bonds. The molecular weight excluding hydrogens is 431 g/mol. The van der Waals surface area contributed by atoms with Crippen LogP contribution in [0.25, 0.3) is 21.9 Å². The molecule has 7 heteroatoms. The maximum absolute atomic E-state index is 14.8. The van der Waals surface area contributed by atoms with Crippen molar-refractivity contribution in [3.63, 3.8) is 0 Å². The van der Waals surface area contributed by atoms with Gasteiger partial charge in [0.1, 0.15) is 11.6 Å². The molecule has 2 heterocycles. The Morgan fingerprint density at radius 3 is 2.94 bits per heavy atom. The predicted molar refractivity (Wildman–Crippen MR) is 135 cm³/mol. The Kier molecular flexibility index (Phi) is 7.50. The van der Waals surface area contributed by atoms with Crippen LogP contribution in [-0.2, 0) is 4.74 Å². The normalized spacial score (nSPS) is 16.0. The second-order valence-electron chi connectivity index (χ2n) is 8.98. The van der Waals surface area contributed by atoms with Crippen LogP contribution in [0, 0.1) is 12.7 Å². The van der Waals surface area contributed by atoms with Gasteiger partial charge in [-0.25, -0.2) is 14.2 Å². The SMILES string of the molecule is CCCCOC(=O)N1CCCC[C@@H]1CNc1cc(-c2c(C)cccc2F)cc2cnc(N)cc12. The van der Waals surface area contributed by atoms with Crippen molar-refractivity contribution < 1.29 is 13.9 Å². The van der Waals surface area contributed by atoms with Crippen LogP contribution in [0.1, 0.15) is 44.6 Å². The quantitative estimate of drug-likeness (QED) is 0.411. The summed E-state index contributed by atoms with van der Waals surface area (Å²) in [6, 6.07) is 10.8. The molecule has 3 aromatic rings. The molecule has 1 atom stereocenters. The van der Waals surface area contributed by atoms with Gasteiger partial charge in [0.05, 0.1) is 12.6 Å². The molecule has 1 fully saturated rings. The molecule has 0 aliphatic carbocycles. The Labute approximate surface area is 200 Å². The van der Waals surface area contributed by atoms with Gasteiger partial charge in [0.15, 0.2) is 0 Å². The van der Waals surface area contributed by atoms with Gasteiger partial charge in [0, 0.05) is 41.3 Å². The first-order chi connectivity index (χ1) is 16.5. The Hall–Kier alpha value is -3.35. The fraction of sp³-hybridized carbons (Fsp3) is 0.407. The van der Waals surface area contributed by atoms with Crippen molar-refractivity contribution in [2.24, 2.45) is 0 Å². The van der Waals surface area contributed by atoms with E-state index in [-0.39, 0.29) is 18.0 Å². The van der Waals surface area contributed by atoms with Crippen LogP contribution in [0.3, 0.4) is 0 Å². The number of halogens is 1. The topological polar surface area (TPSA) is 80.5 Å². The molecule has 1 aliphatic heterocycles. The Balaban J connectivity index is 1.63. The van der Waals surface area contributed by atoms with Crippen molar-refractivity contribution in [2.75, 3.05) is 30.7 Å². The van der Waals surface area contributed by atoms with Crippen LogP contribution >= 0.6 is 0 Å². The monoisotopic (exact) mass is 464 g/mol. The highest BCUT2D eigenvalue weighted by Crippen LogP contribution is 2.34. The maximum atomic E-state index is 14.8. The van der Waals surface area contributed by atoms with E-state index in [4.69, 9.17) is 10.5 Å². The van der Waals surface area contributed by atoms with Gasteiger partial charge in [0.2, 0.25) is 0 Å². The predicted octanol–water partition coefficient (Wildman–Crippen LogP) is 6.13. The summed E-state index contributed by atoms with van der Waals surface area (Å²) in [5, 5.41) is 5.32. The smallest absolute Gasteiger partial charge is 0.410 e. The third-order valence-electron chi connectivity index (χ3n) is 6.48. The highest BCUT2D eigenvalue weighted by atomic mass is 19.1. The summed E-state index contributed by atoms with van der Waals surface area (Å²) in [4.78, 5) is 18.8. The van der Waals surface area contributed by atoms with E-state index in [1.165, 1.54) is 6.07 Å². The van der Waals surface area contributed by atoms with Gasteiger partial charge in [-0.3, -0.25) is 0 Å². The zero-order valence-corrected chi connectivity index (χ0v) is 19.9. The fourth-order valence-electron chi connectivity index (χ4n) is 4.63. The lowest BCUT2D eigenvalue weighted by Gasteiger charge is -2.35. The summed E-state index contributed by atoms with van der Waals surface area (Å²) in [5.74, 6) is 0.158. The number of hydrogen-bond acceptors (Lipinski definition) is 5. The molecule has 0 unspecified atom stereocenters. The van der Waals surface area contributed by atoms with Crippen molar-refractivity contribution in [2.45, 2.75) is 52.0 Å². The van der Waals surface area contributed by atoms with Gasteiger partial charge < -0.3 is 20.7 Å². The average Bonchev–Trinajstić information content (AvgIpc) is 2.83. The minimum atomic E-state index is -0.262. The molecular formula is C27H33FN4O2. The number of rotatable bonds is 7. The van der Waals surface area contributed by atoms with E-state index in [2.05, 4.69) is 17.2 Å². The number of carbonyl (C=O) groups excluding carboxylic acids is 1. The molecule has 0 saturated carbocycles. The molecule has 1 aliphatic rings. The number of fused-ring (bicyclic) bond motifs is 1. The molecule has 3 N–H and O–H groups in total. The molecule has 0 radical (unpaired) electrons. The average molecular weight is 465 g/mol. The molecule has 1 aromatic heterocycles. The van der Waals surface area contributed by atoms with Crippen molar-refractivity contribution in [1.82, 2.24) is 9.88 Å². The molecule has 0 bridgehead atoms. The Morgan fingerprint density at radius 2 is 2.15 bits per heavy atom. The molecule has 6 nitrogen and oxygen atoms in total. The number of aryl methyl sites for hydroxylation is 1. The number of hydrogen-bond donors (Lipinski definition) is 2. The summed E-state index contributed by atoms with van der Waals surface area (Å²) in [6.45, 7) is 5.70. The van der Waals surface area contributed by atoms with Gasteiger partial charge in [-0.2, -0.15) is 0 Å². The number of unbranched alkanes of at least 4 members (excludes halogenated alkanes) is 1.